The monoisotopic (exact) mass is 382 g/mol. The van der Waals surface area contributed by atoms with Crippen LogP contribution in [0.15, 0.2) is 22.9 Å². The van der Waals surface area contributed by atoms with E-state index in [4.69, 9.17) is 4.74 Å². The molecule has 0 aliphatic heterocycles. The van der Waals surface area contributed by atoms with E-state index in [2.05, 4.69) is 40.1 Å². The van der Waals surface area contributed by atoms with Crippen molar-refractivity contribution >= 4 is 27.8 Å². The third kappa shape index (κ3) is 4.77. The first kappa shape index (κ1) is 17.9. The maximum Gasteiger partial charge on any atom is 0.340 e. The lowest BCUT2D eigenvalue weighted by molar-refractivity contribution is -0.130. The van der Waals surface area contributed by atoms with Gasteiger partial charge in [0.1, 0.15) is 0 Å². The second kappa shape index (κ2) is 7.90. The Kier molecular flexibility index (Phi) is 6.16. The summed E-state index contributed by atoms with van der Waals surface area (Å²) in [5.41, 5.74) is 0.318. The molecule has 1 amide bonds. The van der Waals surface area contributed by atoms with Crippen molar-refractivity contribution in [2.45, 2.75) is 52.2 Å². The van der Waals surface area contributed by atoms with Crippen molar-refractivity contribution < 1.29 is 14.3 Å². The first-order chi connectivity index (χ1) is 10.9. The number of hydrogen-bond acceptors (Lipinski definition) is 4. The zero-order chi connectivity index (χ0) is 17.0. The lowest BCUT2D eigenvalue weighted by atomic mass is 9.78. The van der Waals surface area contributed by atoms with Gasteiger partial charge < -0.3 is 10.1 Å². The molecule has 4 atom stereocenters. The fourth-order valence-corrected chi connectivity index (χ4v) is 3.26. The van der Waals surface area contributed by atoms with E-state index in [1.54, 1.807) is 19.2 Å². The second-order valence-electron chi connectivity index (χ2n) is 6.32. The third-order valence-electron chi connectivity index (χ3n) is 4.63. The van der Waals surface area contributed by atoms with Gasteiger partial charge in [-0.3, -0.25) is 9.78 Å². The van der Waals surface area contributed by atoms with Crippen molar-refractivity contribution in [3.05, 3.63) is 28.5 Å². The fourth-order valence-electron chi connectivity index (χ4n) is 2.89. The largest absolute Gasteiger partial charge is 0.449 e. The van der Waals surface area contributed by atoms with Crippen LogP contribution in [-0.2, 0) is 9.53 Å². The molecule has 126 valence electrons. The van der Waals surface area contributed by atoms with E-state index in [1.807, 2.05) is 0 Å². The summed E-state index contributed by atoms with van der Waals surface area (Å²) in [6, 6.07) is 1.77. The van der Waals surface area contributed by atoms with Crippen LogP contribution in [0.3, 0.4) is 0 Å². The highest BCUT2D eigenvalue weighted by Crippen LogP contribution is 2.29. The van der Waals surface area contributed by atoms with Gasteiger partial charge in [-0.25, -0.2) is 4.79 Å². The zero-order valence-corrected chi connectivity index (χ0v) is 15.3. The van der Waals surface area contributed by atoms with Crippen molar-refractivity contribution in [3.63, 3.8) is 0 Å². The molecule has 0 bridgehead atoms. The Bertz CT molecular complexity index is 579. The van der Waals surface area contributed by atoms with Crippen molar-refractivity contribution in [3.8, 4) is 0 Å². The Hall–Kier alpha value is -1.43. The van der Waals surface area contributed by atoms with Crippen molar-refractivity contribution in [2.75, 3.05) is 0 Å². The number of nitrogens with zero attached hydrogens (tertiary/aromatic N) is 1. The summed E-state index contributed by atoms with van der Waals surface area (Å²) in [5.74, 6) is 0.239. The van der Waals surface area contributed by atoms with Gasteiger partial charge in [0.25, 0.3) is 5.91 Å². The predicted molar refractivity (Wildman–Crippen MR) is 90.9 cm³/mol. The smallest absolute Gasteiger partial charge is 0.340 e. The molecule has 0 aromatic carbocycles. The molecule has 23 heavy (non-hydrogen) atoms. The molecule has 1 aliphatic carbocycles. The van der Waals surface area contributed by atoms with E-state index in [0.29, 0.717) is 21.9 Å². The van der Waals surface area contributed by atoms with Crippen LogP contribution in [0.1, 0.15) is 50.4 Å². The number of nitrogens with one attached hydrogen (secondary N) is 1. The van der Waals surface area contributed by atoms with Crippen molar-refractivity contribution in [1.29, 1.82) is 0 Å². The lowest BCUT2D eigenvalue weighted by Crippen LogP contribution is -2.47. The van der Waals surface area contributed by atoms with E-state index >= 15 is 0 Å². The number of pyridine rings is 1. The number of hydrogen-bond donors (Lipinski definition) is 1. The number of halogens is 1. The van der Waals surface area contributed by atoms with Crippen molar-refractivity contribution in [1.82, 2.24) is 10.3 Å². The van der Waals surface area contributed by atoms with Crippen LogP contribution in [-0.4, -0.2) is 29.0 Å². The topological polar surface area (TPSA) is 68.3 Å². The average Bonchev–Trinajstić information content (AvgIpc) is 2.51. The Morgan fingerprint density at radius 3 is 2.78 bits per heavy atom. The minimum atomic E-state index is -0.828. The number of carbonyl (C=O) groups excluding carboxylic acids is 2. The molecular weight excluding hydrogens is 360 g/mol. The van der Waals surface area contributed by atoms with Gasteiger partial charge >= 0.3 is 5.97 Å². The molecule has 1 fully saturated rings. The molecule has 2 rings (SSSR count). The minimum absolute atomic E-state index is 0.153. The molecule has 1 heterocycles. The molecule has 1 aliphatic rings. The van der Waals surface area contributed by atoms with E-state index in [0.717, 1.165) is 12.8 Å². The number of ether oxygens (including phenoxy) is 1. The molecule has 1 aromatic rings. The summed E-state index contributed by atoms with van der Waals surface area (Å²) in [6.45, 7) is 5.97. The number of esters is 1. The minimum Gasteiger partial charge on any atom is -0.449 e. The normalized spacial score (nSPS) is 25.5. The Morgan fingerprint density at radius 1 is 1.35 bits per heavy atom. The highest BCUT2D eigenvalue weighted by atomic mass is 79.9. The number of rotatable bonds is 4. The van der Waals surface area contributed by atoms with Crippen LogP contribution in [0.5, 0.6) is 0 Å². The molecule has 0 unspecified atom stereocenters. The van der Waals surface area contributed by atoms with Gasteiger partial charge in [-0.15, -0.1) is 0 Å². The second-order valence-corrected chi connectivity index (χ2v) is 7.24. The highest BCUT2D eigenvalue weighted by molar-refractivity contribution is 9.10. The van der Waals surface area contributed by atoms with Crippen LogP contribution in [0.25, 0.3) is 0 Å². The summed E-state index contributed by atoms with van der Waals surface area (Å²) in [7, 11) is 0. The Balaban J connectivity index is 1.91. The van der Waals surface area contributed by atoms with Crippen LogP contribution in [0.4, 0.5) is 0 Å². The summed E-state index contributed by atoms with van der Waals surface area (Å²) in [5, 5.41) is 3.03. The number of amides is 1. The van der Waals surface area contributed by atoms with E-state index in [9.17, 15) is 9.59 Å². The molecule has 0 spiro atoms. The lowest BCUT2D eigenvalue weighted by Gasteiger charge is -2.35. The fraction of sp³-hybridized carbons (Fsp3) is 0.588. The SMILES string of the molecule is C[C@@H]1[C@H](C)CCC[C@H]1NC(=O)[C@H](C)OC(=O)c1cncc(Br)c1. The number of aromatic nitrogens is 1. The summed E-state index contributed by atoms with van der Waals surface area (Å²) >= 11 is 3.25. The van der Waals surface area contributed by atoms with E-state index < -0.39 is 12.1 Å². The third-order valence-corrected chi connectivity index (χ3v) is 5.06. The molecule has 1 N–H and O–H groups in total. The van der Waals surface area contributed by atoms with Gasteiger partial charge in [0, 0.05) is 22.9 Å². The van der Waals surface area contributed by atoms with Crippen LogP contribution in [0.2, 0.25) is 0 Å². The summed E-state index contributed by atoms with van der Waals surface area (Å²) < 4.78 is 5.93. The van der Waals surface area contributed by atoms with Gasteiger partial charge in [-0.05, 0) is 47.2 Å². The zero-order valence-electron chi connectivity index (χ0n) is 13.7. The number of carbonyl (C=O) groups is 2. The molecule has 6 heteroatoms. The summed E-state index contributed by atoms with van der Waals surface area (Å²) in [4.78, 5) is 28.3. The van der Waals surface area contributed by atoms with Crippen LogP contribution in [0, 0.1) is 11.8 Å². The average molecular weight is 383 g/mol. The standard InChI is InChI=1S/C17H23BrN2O3/c1-10-5-4-6-15(11(10)2)20-16(21)12(3)23-17(22)13-7-14(18)9-19-8-13/h7-12,15H,4-6H2,1-3H3,(H,20,21)/t10-,11-,12+,15-/m1/s1. The van der Waals surface area contributed by atoms with E-state index in [1.165, 1.54) is 12.6 Å². The van der Waals surface area contributed by atoms with Crippen LogP contribution >= 0.6 is 15.9 Å². The quantitative estimate of drug-likeness (QED) is 0.810. The van der Waals surface area contributed by atoms with Crippen molar-refractivity contribution in [2.24, 2.45) is 11.8 Å². The first-order valence-electron chi connectivity index (χ1n) is 8.00. The Morgan fingerprint density at radius 2 is 2.09 bits per heavy atom. The molecule has 5 nitrogen and oxygen atoms in total. The molecule has 1 aromatic heterocycles. The molecule has 0 saturated heterocycles. The predicted octanol–water partition coefficient (Wildman–Crippen LogP) is 3.33. The van der Waals surface area contributed by atoms with E-state index in [-0.39, 0.29) is 11.9 Å². The molecule has 0 radical (unpaired) electrons. The molecular formula is C17H23BrN2O3. The maximum atomic E-state index is 12.3. The van der Waals surface area contributed by atoms with Gasteiger partial charge in [0.05, 0.1) is 5.56 Å². The summed E-state index contributed by atoms with van der Waals surface area (Å²) in [6.07, 6.45) is 5.47. The maximum absolute atomic E-state index is 12.3. The van der Waals surface area contributed by atoms with Gasteiger partial charge in [0.2, 0.25) is 0 Å². The van der Waals surface area contributed by atoms with Gasteiger partial charge in [-0.1, -0.05) is 26.7 Å². The highest BCUT2D eigenvalue weighted by Gasteiger charge is 2.30. The van der Waals surface area contributed by atoms with Gasteiger partial charge in [-0.2, -0.15) is 0 Å². The first-order valence-corrected chi connectivity index (χ1v) is 8.79. The van der Waals surface area contributed by atoms with Gasteiger partial charge in [0.15, 0.2) is 6.10 Å². The Labute approximate surface area is 145 Å². The van der Waals surface area contributed by atoms with Crippen LogP contribution < -0.4 is 5.32 Å². The molecule has 1 saturated carbocycles.